The van der Waals surface area contributed by atoms with Crippen molar-refractivity contribution >= 4 is 5.91 Å². The summed E-state index contributed by atoms with van der Waals surface area (Å²) in [6.45, 7) is 8.90. The molecule has 4 nitrogen and oxygen atoms in total. The Morgan fingerprint density at radius 3 is 2.59 bits per heavy atom. The highest BCUT2D eigenvalue weighted by molar-refractivity contribution is 5.78. The van der Waals surface area contributed by atoms with Gasteiger partial charge in [0.2, 0.25) is 0 Å². The Labute approximate surface area is 161 Å². The summed E-state index contributed by atoms with van der Waals surface area (Å²) in [6.07, 6.45) is 2.71. The Balaban J connectivity index is 2.05. The summed E-state index contributed by atoms with van der Waals surface area (Å²) >= 11 is 0. The molecule has 27 heavy (non-hydrogen) atoms. The predicted molar refractivity (Wildman–Crippen MR) is 107 cm³/mol. The van der Waals surface area contributed by atoms with Crippen LogP contribution in [0.5, 0.6) is 5.75 Å². The first-order chi connectivity index (χ1) is 13.1. The van der Waals surface area contributed by atoms with Crippen LogP contribution in [0.4, 0.5) is 0 Å². The Morgan fingerprint density at radius 1 is 1.26 bits per heavy atom. The number of hydrogen-bond donors (Lipinski definition) is 0. The minimum absolute atomic E-state index is 0.0163. The molecule has 4 heteroatoms. The third kappa shape index (κ3) is 5.72. The molecule has 140 valence electrons. The van der Waals surface area contributed by atoms with Gasteiger partial charge in [0.1, 0.15) is 5.75 Å². The molecule has 0 aliphatic carbocycles. The molecule has 1 atom stereocenters. The highest BCUT2D eigenvalue weighted by Crippen LogP contribution is 2.28. The summed E-state index contributed by atoms with van der Waals surface area (Å²) in [5.41, 5.74) is 2.68. The van der Waals surface area contributed by atoms with E-state index in [0.29, 0.717) is 24.6 Å². The van der Waals surface area contributed by atoms with E-state index in [0.717, 1.165) is 23.3 Å². The van der Waals surface area contributed by atoms with Crippen molar-refractivity contribution in [1.29, 1.82) is 5.26 Å². The number of ether oxygens (including phenoxy) is 1. The number of hydrogen-bond acceptors (Lipinski definition) is 3. The van der Waals surface area contributed by atoms with Crippen LogP contribution in [0.3, 0.4) is 0 Å². The van der Waals surface area contributed by atoms with Crippen molar-refractivity contribution in [1.82, 2.24) is 4.90 Å². The average Bonchev–Trinajstić information content (AvgIpc) is 2.71. The van der Waals surface area contributed by atoms with Crippen LogP contribution in [0.1, 0.15) is 42.9 Å². The normalized spacial score (nSPS) is 11.3. The van der Waals surface area contributed by atoms with Gasteiger partial charge in [-0.1, -0.05) is 50.3 Å². The Hall–Kier alpha value is -3.06. The first-order valence-electron chi connectivity index (χ1n) is 9.18. The molecule has 0 aliphatic heterocycles. The molecule has 2 aromatic carbocycles. The maximum absolute atomic E-state index is 12.7. The maximum Gasteiger partial charge on any atom is 0.261 e. The zero-order valence-corrected chi connectivity index (χ0v) is 16.0. The number of benzene rings is 2. The summed E-state index contributed by atoms with van der Waals surface area (Å²) < 4.78 is 5.85. The molecule has 2 aromatic rings. The number of carbonyl (C=O) groups is 1. The minimum atomic E-state index is -0.0989. The minimum Gasteiger partial charge on any atom is -0.483 e. The van der Waals surface area contributed by atoms with E-state index >= 15 is 0 Å². The fourth-order valence-electron chi connectivity index (χ4n) is 2.79. The molecule has 0 radical (unpaired) electrons. The lowest BCUT2D eigenvalue weighted by atomic mass is 9.98. The molecule has 0 saturated heterocycles. The van der Waals surface area contributed by atoms with Gasteiger partial charge in [-0.25, -0.2) is 0 Å². The summed E-state index contributed by atoms with van der Waals surface area (Å²) in [5.74, 6) is 1.04. The number of para-hydroxylation sites is 1. The third-order valence-corrected chi connectivity index (χ3v) is 4.57. The zero-order chi connectivity index (χ0) is 19.6. The van der Waals surface area contributed by atoms with E-state index < -0.39 is 0 Å². The number of rotatable bonds is 9. The number of amides is 1. The summed E-state index contributed by atoms with van der Waals surface area (Å²) in [6, 6.07) is 17.2. The van der Waals surface area contributed by atoms with E-state index in [-0.39, 0.29) is 12.5 Å². The monoisotopic (exact) mass is 362 g/mol. The molecule has 1 unspecified atom stereocenters. The van der Waals surface area contributed by atoms with E-state index in [1.807, 2.05) is 36.4 Å². The van der Waals surface area contributed by atoms with Gasteiger partial charge in [-0.2, -0.15) is 5.26 Å². The fourth-order valence-corrected chi connectivity index (χ4v) is 2.79. The largest absolute Gasteiger partial charge is 0.483 e. The van der Waals surface area contributed by atoms with Gasteiger partial charge < -0.3 is 9.64 Å². The fraction of sp³-hybridized carbons (Fsp3) is 0.304. The summed E-state index contributed by atoms with van der Waals surface area (Å²) in [7, 11) is 0. The van der Waals surface area contributed by atoms with Crippen LogP contribution >= 0.6 is 0 Å². The van der Waals surface area contributed by atoms with Crippen LogP contribution in [0, 0.1) is 11.3 Å². The van der Waals surface area contributed by atoms with Crippen LogP contribution in [0.15, 0.2) is 61.2 Å². The number of nitrogens with zero attached hydrogens (tertiary/aromatic N) is 2. The Kier molecular flexibility index (Phi) is 7.63. The third-order valence-electron chi connectivity index (χ3n) is 4.57. The van der Waals surface area contributed by atoms with Crippen molar-refractivity contribution in [3.05, 3.63) is 77.9 Å². The molecule has 0 saturated carbocycles. The first kappa shape index (κ1) is 20.3. The molecular formula is C23H26N2O2. The van der Waals surface area contributed by atoms with Crippen LogP contribution in [-0.4, -0.2) is 24.0 Å². The number of carbonyl (C=O) groups excluding carboxylic acids is 1. The van der Waals surface area contributed by atoms with Crippen molar-refractivity contribution in [3.8, 4) is 11.8 Å². The van der Waals surface area contributed by atoms with E-state index in [1.54, 1.807) is 23.1 Å². The van der Waals surface area contributed by atoms with Crippen LogP contribution in [0.25, 0.3) is 0 Å². The van der Waals surface area contributed by atoms with Crippen LogP contribution < -0.4 is 4.74 Å². The Bertz CT molecular complexity index is 806. The lowest BCUT2D eigenvalue weighted by Crippen LogP contribution is -2.34. The Morgan fingerprint density at radius 2 is 1.96 bits per heavy atom. The topological polar surface area (TPSA) is 53.3 Å². The molecule has 0 heterocycles. The van der Waals surface area contributed by atoms with Crippen LogP contribution in [0.2, 0.25) is 0 Å². The first-order valence-corrected chi connectivity index (χ1v) is 9.18. The van der Waals surface area contributed by atoms with Gasteiger partial charge in [-0.3, -0.25) is 4.79 Å². The second kappa shape index (κ2) is 10.2. The lowest BCUT2D eigenvalue weighted by Gasteiger charge is -2.22. The molecule has 0 spiro atoms. The highest BCUT2D eigenvalue weighted by atomic mass is 16.5. The second-order valence-corrected chi connectivity index (χ2v) is 6.51. The molecule has 0 fully saturated rings. The average molecular weight is 362 g/mol. The summed E-state index contributed by atoms with van der Waals surface area (Å²) in [4.78, 5) is 14.4. The van der Waals surface area contributed by atoms with Gasteiger partial charge in [0.15, 0.2) is 6.61 Å². The predicted octanol–water partition coefficient (Wildman–Crippen LogP) is 4.67. The van der Waals surface area contributed by atoms with E-state index in [9.17, 15) is 4.79 Å². The van der Waals surface area contributed by atoms with E-state index in [4.69, 9.17) is 10.00 Å². The van der Waals surface area contributed by atoms with Crippen molar-refractivity contribution in [3.63, 3.8) is 0 Å². The van der Waals surface area contributed by atoms with Crippen molar-refractivity contribution in [2.45, 2.75) is 32.7 Å². The van der Waals surface area contributed by atoms with Crippen molar-refractivity contribution in [2.75, 3.05) is 13.2 Å². The van der Waals surface area contributed by atoms with E-state index in [1.165, 1.54) is 0 Å². The van der Waals surface area contributed by atoms with Crippen LogP contribution in [-0.2, 0) is 11.3 Å². The standard InChI is InChI=1S/C23H26N2O2/c1-4-14-25(16-20-12-10-19(15-24)11-13-20)23(26)17-27-22-9-7-6-8-21(22)18(3)5-2/h4,6-13,18H,1,5,14,16-17H2,2-3H3. The molecule has 0 aromatic heterocycles. The second-order valence-electron chi connectivity index (χ2n) is 6.51. The zero-order valence-electron chi connectivity index (χ0n) is 16.0. The SMILES string of the molecule is C=CCN(Cc1ccc(C#N)cc1)C(=O)COc1ccccc1C(C)CC. The van der Waals surface area contributed by atoms with Gasteiger partial charge in [0, 0.05) is 13.1 Å². The smallest absolute Gasteiger partial charge is 0.261 e. The summed E-state index contributed by atoms with van der Waals surface area (Å²) in [5, 5.41) is 8.90. The molecule has 2 rings (SSSR count). The van der Waals surface area contributed by atoms with Gasteiger partial charge in [0.25, 0.3) is 5.91 Å². The van der Waals surface area contributed by atoms with Gasteiger partial charge >= 0.3 is 0 Å². The van der Waals surface area contributed by atoms with Gasteiger partial charge in [-0.05, 0) is 41.7 Å². The lowest BCUT2D eigenvalue weighted by molar-refractivity contribution is -0.133. The number of nitriles is 1. The van der Waals surface area contributed by atoms with Gasteiger partial charge in [-0.15, -0.1) is 6.58 Å². The van der Waals surface area contributed by atoms with E-state index in [2.05, 4.69) is 26.5 Å². The molecule has 0 bridgehead atoms. The highest BCUT2D eigenvalue weighted by Gasteiger charge is 2.16. The maximum atomic E-state index is 12.7. The molecule has 1 amide bonds. The molecule has 0 N–H and O–H groups in total. The molecule has 0 aliphatic rings. The van der Waals surface area contributed by atoms with Gasteiger partial charge in [0.05, 0.1) is 11.6 Å². The van der Waals surface area contributed by atoms with Crippen molar-refractivity contribution < 1.29 is 9.53 Å². The van der Waals surface area contributed by atoms with Crippen molar-refractivity contribution in [2.24, 2.45) is 0 Å². The quantitative estimate of drug-likeness (QED) is 0.609. The molecular weight excluding hydrogens is 336 g/mol.